The van der Waals surface area contributed by atoms with Gasteiger partial charge in [-0.15, -0.1) is 0 Å². The van der Waals surface area contributed by atoms with E-state index in [1.165, 1.54) is 120 Å². The first-order chi connectivity index (χ1) is 36.2. The van der Waals surface area contributed by atoms with Gasteiger partial charge in [0.1, 0.15) is 0 Å². The fourth-order valence-corrected chi connectivity index (χ4v) is 11.7. The Hall–Kier alpha value is -9.56. The molecule has 0 aliphatic rings. The van der Waals surface area contributed by atoms with Crippen LogP contribution in [-0.2, 0) is 0 Å². The van der Waals surface area contributed by atoms with Gasteiger partial charge in [-0.25, -0.2) is 0 Å². The van der Waals surface area contributed by atoms with Crippen LogP contribution in [0.3, 0.4) is 0 Å². The summed E-state index contributed by atoms with van der Waals surface area (Å²) in [5, 5.41) is 14.8. The Bertz CT molecular complexity index is 4360. The molecule has 0 amide bonds. The van der Waals surface area contributed by atoms with Gasteiger partial charge in [-0.3, -0.25) is 0 Å². The molecule has 14 aromatic rings. The molecule has 14 rings (SSSR count). The van der Waals surface area contributed by atoms with E-state index < -0.39 is 0 Å². The standard InChI is InChI=1S/C72H47N/c1-3-18-48(19-4-1)51-38-41-59(42-39-51)73(58-25-5-2-6-26-58)60-27-17-24-54(46-60)69-61-28-11-13-30-63(61)71(64-31-14-12-29-62(64)69)57-40-43-67-68(47-57)72(56-37-35-50-21-8-10-23-53(50)45-56)66-33-16-15-32-65(66)70(67)55-36-34-49-20-7-9-22-52(49)44-55/h1-47H. The van der Waals surface area contributed by atoms with Gasteiger partial charge in [-0.1, -0.05) is 231 Å². The molecule has 0 aromatic heterocycles. The van der Waals surface area contributed by atoms with Gasteiger partial charge < -0.3 is 4.90 Å². The van der Waals surface area contributed by atoms with Gasteiger partial charge in [0, 0.05) is 17.1 Å². The molecule has 0 N–H and O–H groups in total. The molecular formula is C72H47N. The molecule has 1 nitrogen and oxygen atoms in total. The number of para-hydroxylation sites is 1. The first-order valence-corrected chi connectivity index (χ1v) is 25.2. The summed E-state index contributed by atoms with van der Waals surface area (Å²) in [7, 11) is 0. The van der Waals surface area contributed by atoms with E-state index in [1.807, 2.05) is 0 Å². The van der Waals surface area contributed by atoms with Crippen LogP contribution in [0.5, 0.6) is 0 Å². The van der Waals surface area contributed by atoms with Crippen LogP contribution in [0.1, 0.15) is 0 Å². The van der Waals surface area contributed by atoms with Crippen molar-refractivity contribution < 1.29 is 0 Å². The van der Waals surface area contributed by atoms with Crippen molar-refractivity contribution in [2.45, 2.75) is 0 Å². The van der Waals surface area contributed by atoms with Gasteiger partial charge >= 0.3 is 0 Å². The molecule has 0 radical (unpaired) electrons. The fourth-order valence-electron chi connectivity index (χ4n) is 11.7. The predicted molar refractivity (Wildman–Crippen MR) is 313 cm³/mol. The highest BCUT2D eigenvalue weighted by atomic mass is 15.1. The highest BCUT2D eigenvalue weighted by Gasteiger charge is 2.22. The SMILES string of the molecule is c1ccc(-c2ccc(N(c3ccccc3)c3cccc(-c4c5ccccc5c(-c5ccc6c(-c7ccc8ccccc8c7)c7ccccc7c(-c7ccc8ccccc8c7)c6c5)c5ccccc45)c3)cc2)cc1. The zero-order valence-corrected chi connectivity index (χ0v) is 40.1. The van der Waals surface area contributed by atoms with Crippen molar-refractivity contribution in [2.75, 3.05) is 4.90 Å². The number of fused-ring (bicyclic) bond motifs is 6. The van der Waals surface area contributed by atoms with Crippen LogP contribution in [0.25, 0.3) is 120 Å². The molecule has 14 aromatic carbocycles. The van der Waals surface area contributed by atoms with Crippen molar-refractivity contribution in [1.29, 1.82) is 0 Å². The molecule has 1 heteroatoms. The molecule has 0 saturated carbocycles. The quantitative estimate of drug-likeness (QED) is 0.137. The molecule has 340 valence electrons. The summed E-state index contributed by atoms with van der Waals surface area (Å²) in [6, 6.07) is 105. The molecule has 0 fully saturated rings. The minimum absolute atomic E-state index is 1.10. The Morgan fingerprint density at radius 2 is 0.493 bits per heavy atom. The Balaban J connectivity index is 0.990. The third kappa shape index (κ3) is 7.33. The van der Waals surface area contributed by atoms with E-state index in [1.54, 1.807) is 0 Å². The monoisotopic (exact) mass is 925 g/mol. The summed E-state index contributed by atoms with van der Waals surface area (Å²) in [6.07, 6.45) is 0. The Morgan fingerprint density at radius 1 is 0.164 bits per heavy atom. The second-order valence-corrected chi connectivity index (χ2v) is 19.2. The summed E-state index contributed by atoms with van der Waals surface area (Å²) in [6.45, 7) is 0. The Morgan fingerprint density at radius 3 is 1.01 bits per heavy atom. The molecule has 0 aliphatic heterocycles. The highest BCUT2D eigenvalue weighted by Crippen LogP contribution is 2.49. The van der Waals surface area contributed by atoms with Crippen LogP contribution in [0.2, 0.25) is 0 Å². The van der Waals surface area contributed by atoms with E-state index in [4.69, 9.17) is 0 Å². The molecule has 0 aliphatic carbocycles. The number of anilines is 3. The lowest BCUT2D eigenvalue weighted by atomic mass is 9.82. The lowest BCUT2D eigenvalue weighted by molar-refractivity contribution is 1.28. The Labute approximate surface area is 425 Å². The van der Waals surface area contributed by atoms with Gasteiger partial charge in [-0.05, 0) is 175 Å². The van der Waals surface area contributed by atoms with Crippen LogP contribution >= 0.6 is 0 Å². The van der Waals surface area contributed by atoms with Crippen molar-refractivity contribution >= 4 is 81.7 Å². The van der Waals surface area contributed by atoms with Crippen LogP contribution in [0.4, 0.5) is 17.1 Å². The third-order valence-electron chi connectivity index (χ3n) is 15.0. The normalized spacial score (nSPS) is 11.6. The summed E-state index contributed by atoms with van der Waals surface area (Å²) in [5.74, 6) is 0. The largest absolute Gasteiger partial charge is 0.310 e. The summed E-state index contributed by atoms with van der Waals surface area (Å²) >= 11 is 0. The van der Waals surface area contributed by atoms with Gasteiger partial charge in [0.15, 0.2) is 0 Å². The molecule has 73 heavy (non-hydrogen) atoms. The van der Waals surface area contributed by atoms with Gasteiger partial charge in [-0.2, -0.15) is 0 Å². The van der Waals surface area contributed by atoms with Crippen LogP contribution in [-0.4, -0.2) is 0 Å². The number of nitrogens with zero attached hydrogens (tertiary/aromatic N) is 1. The topological polar surface area (TPSA) is 3.24 Å². The van der Waals surface area contributed by atoms with E-state index in [0.717, 1.165) is 17.1 Å². The minimum Gasteiger partial charge on any atom is -0.310 e. The predicted octanol–water partition coefficient (Wildman–Crippen LogP) is 20.4. The lowest BCUT2D eigenvalue weighted by Crippen LogP contribution is -2.09. The van der Waals surface area contributed by atoms with Crippen molar-refractivity contribution in [3.63, 3.8) is 0 Å². The van der Waals surface area contributed by atoms with Crippen molar-refractivity contribution in [1.82, 2.24) is 0 Å². The van der Waals surface area contributed by atoms with Crippen molar-refractivity contribution in [2.24, 2.45) is 0 Å². The fraction of sp³-hybridized carbons (Fsp3) is 0. The van der Waals surface area contributed by atoms with E-state index in [0.29, 0.717) is 0 Å². The minimum atomic E-state index is 1.10. The first-order valence-electron chi connectivity index (χ1n) is 25.2. The van der Waals surface area contributed by atoms with E-state index in [9.17, 15) is 0 Å². The molecular weight excluding hydrogens is 879 g/mol. The van der Waals surface area contributed by atoms with Gasteiger partial charge in [0.25, 0.3) is 0 Å². The molecule has 0 bridgehead atoms. The maximum absolute atomic E-state index is 2.49. The summed E-state index contributed by atoms with van der Waals surface area (Å²) in [4.78, 5) is 2.37. The Kier molecular flexibility index (Phi) is 10.3. The molecule has 0 heterocycles. The zero-order chi connectivity index (χ0) is 48.2. The highest BCUT2D eigenvalue weighted by molar-refractivity contribution is 6.25. The van der Waals surface area contributed by atoms with E-state index in [2.05, 4.69) is 290 Å². The van der Waals surface area contributed by atoms with E-state index >= 15 is 0 Å². The smallest absolute Gasteiger partial charge is 0.0467 e. The first kappa shape index (κ1) is 42.3. The average molecular weight is 926 g/mol. The van der Waals surface area contributed by atoms with Crippen molar-refractivity contribution in [3.8, 4) is 55.6 Å². The number of benzene rings is 14. The van der Waals surface area contributed by atoms with Crippen LogP contribution in [0.15, 0.2) is 285 Å². The third-order valence-corrected chi connectivity index (χ3v) is 15.0. The summed E-state index contributed by atoms with van der Waals surface area (Å²) in [5.41, 5.74) is 15.5. The maximum Gasteiger partial charge on any atom is 0.0467 e. The summed E-state index contributed by atoms with van der Waals surface area (Å²) < 4.78 is 0. The van der Waals surface area contributed by atoms with E-state index in [-0.39, 0.29) is 0 Å². The zero-order valence-electron chi connectivity index (χ0n) is 40.1. The van der Waals surface area contributed by atoms with Gasteiger partial charge in [0.05, 0.1) is 0 Å². The lowest BCUT2D eigenvalue weighted by Gasteiger charge is -2.26. The molecule has 0 saturated heterocycles. The second-order valence-electron chi connectivity index (χ2n) is 19.2. The number of rotatable bonds is 8. The van der Waals surface area contributed by atoms with Crippen LogP contribution < -0.4 is 4.90 Å². The maximum atomic E-state index is 2.49. The molecule has 0 atom stereocenters. The molecule has 0 unspecified atom stereocenters. The van der Waals surface area contributed by atoms with Gasteiger partial charge in [0.2, 0.25) is 0 Å². The molecule has 0 spiro atoms. The van der Waals surface area contributed by atoms with Crippen LogP contribution in [0, 0.1) is 0 Å². The number of hydrogen-bond acceptors (Lipinski definition) is 1. The number of hydrogen-bond donors (Lipinski definition) is 0. The average Bonchev–Trinajstić information content (AvgIpc) is 3.47. The second kappa shape index (κ2) is 17.7. The van der Waals surface area contributed by atoms with Crippen molar-refractivity contribution in [3.05, 3.63) is 285 Å².